The molecule has 7 nitrogen and oxygen atoms in total. The third-order valence-electron chi connectivity index (χ3n) is 7.04. The predicted molar refractivity (Wildman–Crippen MR) is 146 cm³/mol. The van der Waals surface area contributed by atoms with Gasteiger partial charge in [0.2, 0.25) is 0 Å². The number of methoxy groups -OCH3 is 1. The van der Waals surface area contributed by atoms with Crippen LogP contribution in [0.3, 0.4) is 0 Å². The van der Waals surface area contributed by atoms with Crippen molar-refractivity contribution in [2.75, 3.05) is 13.7 Å². The van der Waals surface area contributed by atoms with Gasteiger partial charge >= 0.3 is 0 Å². The number of Topliss-reactive ketones (excluding diaryl/α,β-unsaturated/α-hetero) is 1. The molecule has 0 aliphatic heterocycles. The summed E-state index contributed by atoms with van der Waals surface area (Å²) in [4.78, 5) is 26.7. The van der Waals surface area contributed by atoms with E-state index in [2.05, 4.69) is 5.32 Å². The minimum Gasteiger partial charge on any atom is -0.496 e. The number of ether oxygens (including phenoxy) is 1. The van der Waals surface area contributed by atoms with E-state index < -0.39 is 23.6 Å². The van der Waals surface area contributed by atoms with E-state index in [4.69, 9.17) is 21.7 Å². The number of hydrogen-bond acceptors (Lipinski definition) is 6. The Morgan fingerprint density at radius 3 is 2.38 bits per heavy atom. The number of hydrogen-bond donors (Lipinski definition) is 3. The summed E-state index contributed by atoms with van der Waals surface area (Å²) in [7, 11) is 1.43. The fourth-order valence-corrected chi connectivity index (χ4v) is 5.28. The standard InChI is InChI=1S/C29H34ClF2N3O4/c1-17(34-23-9-7-20(8-10-23)18(2)36)24(14-33)29(38)35(15-19-11-21(31)13-22(32)12-19)16-26(37)28-25(30)5-4-6-27(28)39-3/h4-6,11-14,20,23,26,33-34,37H,7-10,15-16H2,1-3H3/b24-17+,33-14?/t20-,23-,26?. The van der Waals surface area contributed by atoms with Crippen LogP contribution in [0.1, 0.15) is 56.8 Å². The molecule has 210 valence electrons. The summed E-state index contributed by atoms with van der Waals surface area (Å²) in [5, 5.41) is 22.6. The molecule has 2 aromatic carbocycles. The number of halogens is 3. The van der Waals surface area contributed by atoms with Gasteiger partial charge in [0.05, 0.1) is 24.3 Å². The van der Waals surface area contributed by atoms with Crippen LogP contribution in [0.15, 0.2) is 47.7 Å². The molecule has 0 spiro atoms. The first-order chi connectivity index (χ1) is 18.5. The highest BCUT2D eigenvalue weighted by Gasteiger charge is 2.28. The van der Waals surface area contributed by atoms with Crippen LogP contribution in [0.4, 0.5) is 8.78 Å². The molecular formula is C29H34ClF2N3O4. The number of rotatable bonds is 11. The molecule has 2 aromatic rings. The highest BCUT2D eigenvalue weighted by atomic mass is 35.5. The monoisotopic (exact) mass is 561 g/mol. The molecule has 0 heterocycles. The largest absolute Gasteiger partial charge is 0.496 e. The maximum Gasteiger partial charge on any atom is 0.257 e. The van der Waals surface area contributed by atoms with Gasteiger partial charge in [-0.05, 0) is 69.4 Å². The summed E-state index contributed by atoms with van der Waals surface area (Å²) in [5.41, 5.74) is 0.944. The lowest BCUT2D eigenvalue weighted by atomic mass is 9.84. The minimum atomic E-state index is -1.29. The number of aliphatic hydroxyl groups excluding tert-OH is 1. The summed E-state index contributed by atoms with van der Waals surface area (Å²) < 4.78 is 33.2. The molecule has 3 rings (SSSR count). The number of nitrogens with zero attached hydrogens (tertiary/aromatic N) is 1. The molecular weight excluding hydrogens is 528 g/mol. The number of amides is 1. The first kappa shape index (κ1) is 30.2. The van der Waals surface area contributed by atoms with E-state index in [1.165, 1.54) is 12.0 Å². The average molecular weight is 562 g/mol. The zero-order valence-corrected chi connectivity index (χ0v) is 23.0. The number of aliphatic hydroxyl groups is 1. The number of carbonyl (C=O) groups is 2. The SMILES string of the molecule is COc1cccc(Cl)c1C(O)CN(Cc1cc(F)cc(F)c1)C(=O)/C(C=N)=C(\C)N[C@H]1CC[C@H](C(C)=O)CC1. The Hall–Kier alpha value is -3.30. The van der Waals surface area contributed by atoms with Crippen LogP contribution in [0.2, 0.25) is 5.02 Å². The molecule has 1 saturated carbocycles. The lowest BCUT2D eigenvalue weighted by Crippen LogP contribution is -2.39. The van der Waals surface area contributed by atoms with E-state index in [0.717, 1.165) is 50.1 Å². The van der Waals surface area contributed by atoms with E-state index in [9.17, 15) is 23.5 Å². The van der Waals surface area contributed by atoms with Crippen LogP contribution in [0.25, 0.3) is 0 Å². The number of benzene rings is 2. The molecule has 1 aliphatic rings. The molecule has 1 atom stereocenters. The fourth-order valence-electron chi connectivity index (χ4n) is 4.99. The van der Waals surface area contributed by atoms with Crippen molar-refractivity contribution in [2.45, 2.75) is 58.2 Å². The van der Waals surface area contributed by atoms with Crippen molar-refractivity contribution < 1.29 is 28.2 Å². The van der Waals surface area contributed by atoms with Gasteiger partial charge in [0.1, 0.15) is 29.3 Å². The van der Waals surface area contributed by atoms with E-state index in [1.54, 1.807) is 32.0 Å². The van der Waals surface area contributed by atoms with Crippen molar-refractivity contribution in [3.05, 3.63) is 75.5 Å². The summed E-state index contributed by atoms with van der Waals surface area (Å²) in [6.45, 7) is 2.76. The Balaban J connectivity index is 1.90. The lowest BCUT2D eigenvalue weighted by molar-refractivity contribution is -0.128. The van der Waals surface area contributed by atoms with Gasteiger partial charge in [-0.1, -0.05) is 17.7 Å². The molecule has 1 aliphatic carbocycles. The van der Waals surface area contributed by atoms with Crippen LogP contribution in [-0.4, -0.2) is 47.6 Å². The van der Waals surface area contributed by atoms with Crippen LogP contribution in [-0.2, 0) is 16.1 Å². The van der Waals surface area contributed by atoms with Crippen molar-refractivity contribution in [3.63, 3.8) is 0 Å². The van der Waals surface area contributed by atoms with Gasteiger partial charge in [-0.25, -0.2) is 8.78 Å². The zero-order valence-electron chi connectivity index (χ0n) is 22.3. The number of carbonyl (C=O) groups excluding carboxylic acids is 2. The number of ketones is 1. The Kier molecular flexibility index (Phi) is 10.6. The van der Waals surface area contributed by atoms with Gasteiger partial charge in [0.15, 0.2) is 0 Å². The fraction of sp³-hybridized carbons (Fsp3) is 0.414. The van der Waals surface area contributed by atoms with Gasteiger partial charge in [-0.3, -0.25) is 9.59 Å². The van der Waals surface area contributed by atoms with E-state index >= 15 is 0 Å². The third kappa shape index (κ3) is 7.86. The summed E-state index contributed by atoms with van der Waals surface area (Å²) >= 11 is 6.33. The van der Waals surface area contributed by atoms with Gasteiger partial charge in [0.25, 0.3) is 5.91 Å². The van der Waals surface area contributed by atoms with Crippen molar-refractivity contribution in [1.82, 2.24) is 10.2 Å². The first-order valence-electron chi connectivity index (χ1n) is 12.8. The molecule has 3 N–H and O–H groups in total. The Bertz CT molecular complexity index is 1220. The Morgan fingerprint density at radius 1 is 1.18 bits per heavy atom. The van der Waals surface area contributed by atoms with E-state index in [0.29, 0.717) is 11.4 Å². The van der Waals surface area contributed by atoms with Crippen molar-refractivity contribution in [3.8, 4) is 5.75 Å². The van der Waals surface area contributed by atoms with Crippen molar-refractivity contribution in [2.24, 2.45) is 5.92 Å². The zero-order chi connectivity index (χ0) is 28.7. The molecule has 1 unspecified atom stereocenters. The molecule has 0 radical (unpaired) electrons. The quantitative estimate of drug-likeness (QED) is 0.253. The van der Waals surface area contributed by atoms with Crippen LogP contribution in [0, 0.1) is 23.0 Å². The normalized spacial score (nSPS) is 18.5. The second kappa shape index (κ2) is 13.7. The lowest BCUT2D eigenvalue weighted by Gasteiger charge is -2.30. The number of allylic oxidation sites excluding steroid dienone is 1. The van der Waals surface area contributed by atoms with Gasteiger partial charge in [-0.15, -0.1) is 0 Å². The molecule has 39 heavy (non-hydrogen) atoms. The Labute approximate surface area is 232 Å². The maximum absolute atomic E-state index is 13.9. The highest BCUT2D eigenvalue weighted by Crippen LogP contribution is 2.33. The molecule has 0 bridgehead atoms. The third-order valence-corrected chi connectivity index (χ3v) is 7.37. The van der Waals surface area contributed by atoms with Crippen molar-refractivity contribution >= 4 is 29.5 Å². The molecule has 0 aromatic heterocycles. The van der Waals surface area contributed by atoms with Crippen LogP contribution >= 0.6 is 11.6 Å². The first-order valence-corrected chi connectivity index (χ1v) is 13.1. The second-order valence-electron chi connectivity index (χ2n) is 9.82. The topological polar surface area (TPSA) is 103 Å². The van der Waals surface area contributed by atoms with Crippen LogP contribution in [0.5, 0.6) is 5.75 Å². The summed E-state index contributed by atoms with van der Waals surface area (Å²) in [6, 6.07) is 7.84. The smallest absolute Gasteiger partial charge is 0.257 e. The van der Waals surface area contributed by atoms with E-state index in [-0.39, 0.29) is 52.6 Å². The molecule has 1 amide bonds. The molecule has 1 fully saturated rings. The minimum absolute atomic E-state index is 0.0343. The average Bonchev–Trinajstić information content (AvgIpc) is 2.88. The van der Waals surface area contributed by atoms with E-state index in [1.807, 2.05) is 0 Å². The second-order valence-corrected chi connectivity index (χ2v) is 10.2. The predicted octanol–water partition coefficient (Wildman–Crippen LogP) is 5.35. The maximum atomic E-state index is 13.9. The van der Waals surface area contributed by atoms with Gasteiger partial charge in [0, 0.05) is 42.0 Å². The van der Waals surface area contributed by atoms with Gasteiger partial charge in [-0.2, -0.15) is 0 Å². The van der Waals surface area contributed by atoms with Crippen LogP contribution < -0.4 is 10.1 Å². The summed E-state index contributed by atoms with van der Waals surface area (Å²) in [6.07, 6.45) is 2.62. The molecule has 10 heteroatoms. The van der Waals surface area contributed by atoms with Crippen molar-refractivity contribution in [1.29, 1.82) is 5.41 Å². The Morgan fingerprint density at radius 2 is 1.82 bits per heavy atom. The highest BCUT2D eigenvalue weighted by molar-refractivity contribution is 6.31. The number of nitrogens with one attached hydrogen (secondary N) is 2. The van der Waals surface area contributed by atoms with Gasteiger partial charge < -0.3 is 25.5 Å². The summed E-state index contributed by atoms with van der Waals surface area (Å²) in [5.74, 6) is -1.67. The molecule has 0 saturated heterocycles.